The van der Waals surface area contributed by atoms with Gasteiger partial charge in [0.25, 0.3) is 0 Å². The lowest BCUT2D eigenvalue weighted by molar-refractivity contribution is 0.00634. The Hall–Kier alpha value is -1.07. The van der Waals surface area contributed by atoms with E-state index in [1.807, 2.05) is 52.0 Å². The molecule has 0 aliphatic heterocycles. The van der Waals surface area contributed by atoms with Crippen molar-refractivity contribution in [2.24, 2.45) is 0 Å². The van der Waals surface area contributed by atoms with Gasteiger partial charge in [-0.25, -0.2) is 4.79 Å². The lowest BCUT2D eigenvalue weighted by Crippen LogP contribution is -2.44. The minimum Gasteiger partial charge on any atom is -0.444 e. The fourth-order valence-electron chi connectivity index (χ4n) is 1.92. The first kappa shape index (κ1) is 18.0. The van der Waals surface area contributed by atoms with Gasteiger partial charge in [0.15, 0.2) is 0 Å². The monoisotopic (exact) mass is 357 g/mol. The molecule has 0 fully saturated rings. The number of ether oxygens (including phenoxy) is 1. The summed E-state index contributed by atoms with van der Waals surface area (Å²) in [6.07, 6.45) is 0.263. The Balaban J connectivity index is 2.97. The Labute approximate surface area is 135 Å². The SMILES string of the molecule is CCC(CO)N(Cc1ccccc1Br)C(=O)OC(C)(C)C. The van der Waals surface area contributed by atoms with Crippen molar-refractivity contribution in [2.45, 2.75) is 52.3 Å². The van der Waals surface area contributed by atoms with Crippen molar-refractivity contribution in [1.82, 2.24) is 4.90 Å². The Morgan fingerprint density at radius 3 is 2.48 bits per heavy atom. The second kappa shape index (κ2) is 7.80. The van der Waals surface area contributed by atoms with Gasteiger partial charge in [0.1, 0.15) is 5.60 Å². The summed E-state index contributed by atoms with van der Waals surface area (Å²) in [5.41, 5.74) is 0.423. The van der Waals surface area contributed by atoms with Crippen LogP contribution in [0.15, 0.2) is 28.7 Å². The zero-order chi connectivity index (χ0) is 16.0. The molecule has 0 heterocycles. The van der Waals surface area contributed by atoms with Crippen LogP contribution >= 0.6 is 15.9 Å². The molecule has 1 rings (SSSR count). The summed E-state index contributed by atoms with van der Waals surface area (Å²) in [7, 11) is 0. The highest BCUT2D eigenvalue weighted by atomic mass is 79.9. The van der Waals surface area contributed by atoms with E-state index in [0.29, 0.717) is 13.0 Å². The van der Waals surface area contributed by atoms with Crippen LogP contribution in [0.2, 0.25) is 0 Å². The molecule has 1 N–H and O–H groups in total. The van der Waals surface area contributed by atoms with Gasteiger partial charge < -0.3 is 9.84 Å². The topological polar surface area (TPSA) is 49.8 Å². The van der Waals surface area contributed by atoms with Gasteiger partial charge in [0, 0.05) is 4.47 Å². The van der Waals surface area contributed by atoms with Crippen LogP contribution in [0, 0.1) is 0 Å². The van der Waals surface area contributed by atoms with Crippen molar-refractivity contribution >= 4 is 22.0 Å². The first-order valence-corrected chi connectivity index (χ1v) is 7.91. The maximum atomic E-state index is 12.4. The summed E-state index contributed by atoms with van der Waals surface area (Å²) in [4.78, 5) is 14.0. The van der Waals surface area contributed by atoms with Gasteiger partial charge in [0.05, 0.1) is 19.2 Å². The quantitative estimate of drug-likeness (QED) is 0.867. The average Bonchev–Trinajstić information content (AvgIpc) is 2.39. The minimum atomic E-state index is -0.559. The van der Waals surface area contributed by atoms with Crippen LogP contribution in [0.4, 0.5) is 4.79 Å². The number of halogens is 1. The predicted molar refractivity (Wildman–Crippen MR) is 87.1 cm³/mol. The van der Waals surface area contributed by atoms with Gasteiger partial charge in [-0.05, 0) is 38.8 Å². The van der Waals surface area contributed by atoms with Crippen LogP contribution in [0.5, 0.6) is 0 Å². The molecule has 0 aliphatic rings. The molecule has 0 saturated carbocycles. The van der Waals surface area contributed by atoms with Crippen LogP contribution in [0.3, 0.4) is 0 Å². The molecule has 1 unspecified atom stereocenters. The van der Waals surface area contributed by atoms with E-state index in [-0.39, 0.29) is 12.6 Å². The van der Waals surface area contributed by atoms with Crippen molar-refractivity contribution in [2.75, 3.05) is 6.61 Å². The first-order valence-electron chi connectivity index (χ1n) is 7.12. The molecule has 5 heteroatoms. The number of benzene rings is 1. The number of carbonyl (C=O) groups is 1. The van der Waals surface area contributed by atoms with E-state index in [4.69, 9.17) is 4.74 Å². The smallest absolute Gasteiger partial charge is 0.410 e. The van der Waals surface area contributed by atoms with E-state index in [0.717, 1.165) is 10.0 Å². The van der Waals surface area contributed by atoms with Gasteiger partial charge in [-0.3, -0.25) is 4.90 Å². The van der Waals surface area contributed by atoms with Crippen LogP contribution in [0.25, 0.3) is 0 Å². The van der Waals surface area contributed by atoms with Crippen molar-refractivity contribution in [3.8, 4) is 0 Å². The van der Waals surface area contributed by atoms with Gasteiger partial charge in [-0.1, -0.05) is 41.1 Å². The lowest BCUT2D eigenvalue weighted by atomic mass is 10.1. The van der Waals surface area contributed by atoms with Crippen LogP contribution in [-0.2, 0) is 11.3 Å². The molecule has 1 atom stereocenters. The maximum absolute atomic E-state index is 12.4. The van der Waals surface area contributed by atoms with Crippen LogP contribution in [-0.4, -0.2) is 34.3 Å². The van der Waals surface area contributed by atoms with Crippen molar-refractivity contribution < 1.29 is 14.6 Å². The summed E-state index contributed by atoms with van der Waals surface area (Å²) in [5.74, 6) is 0. The van der Waals surface area contributed by atoms with Gasteiger partial charge in [0.2, 0.25) is 0 Å². The number of hydrogen-bond donors (Lipinski definition) is 1. The zero-order valence-corrected chi connectivity index (χ0v) is 14.7. The fourth-order valence-corrected chi connectivity index (χ4v) is 2.33. The van der Waals surface area contributed by atoms with E-state index >= 15 is 0 Å². The van der Waals surface area contributed by atoms with Gasteiger partial charge in [-0.2, -0.15) is 0 Å². The molecule has 0 aliphatic carbocycles. The third-order valence-electron chi connectivity index (χ3n) is 3.05. The Morgan fingerprint density at radius 1 is 1.38 bits per heavy atom. The molecule has 0 spiro atoms. The highest BCUT2D eigenvalue weighted by molar-refractivity contribution is 9.10. The summed E-state index contributed by atoms with van der Waals surface area (Å²) >= 11 is 3.49. The molecule has 0 aromatic heterocycles. The van der Waals surface area contributed by atoms with E-state index < -0.39 is 11.7 Å². The third-order valence-corrected chi connectivity index (χ3v) is 3.82. The highest BCUT2D eigenvalue weighted by Crippen LogP contribution is 2.21. The van der Waals surface area contributed by atoms with Gasteiger partial charge in [-0.15, -0.1) is 0 Å². The summed E-state index contributed by atoms with van der Waals surface area (Å²) in [6, 6.07) is 7.47. The molecule has 1 aromatic rings. The highest BCUT2D eigenvalue weighted by Gasteiger charge is 2.27. The molecule has 21 heavy (non-hydrogen) atoms. The number of aliphatic hydroxyl groups excluding tert-OH is 1. The van der Waals surface area contributed by atoms with E-state index in [9.17, 15) is 9.90 Å². The van der Waals surface area contributed by atoms with Crippen molar-refractivity contribution in [3.63, 3.8) is 0 Å². The molecular formula is C16H24BrNO3. The summed E-state index contributed by atoms with van der Waals surface area (Å²) in [6.45, 7) is 7.76. The zero-order valence-electron chi connectivity index (χ0n) is 13.1. The predicted octanol–water partition coefficient (Wildman–Crippen LogP) is 3.96. The molecule has 0 bridgehead atoms. The van der Waals surface area contributed by atoms with Crippen molar-refractivity contribution in [3.05, 3.63) is 34.3 Å². The van der Waals surface area contributed by atoms with Gasteiger partial charge >= 0.3 is 6.09 Å². The fraction of sp³-hybridized carbons (Fsp3) is 0.562. The molecule has 0 saturated heterocycles. The Kier molecular flexibility index (Phi) is 6.68. The average molecular weight is 358 g/mol. The Bertz CT molecular complexity index is 467. The second-order valence-electron chi connectivity index (χ2n) is 5.94. The van der Waals surface area contributed by atoms with Crippen molar-refractivity contribution in [1.29, 1.82) is 0 Å². The number of rotatable bonds is 5. The molecule has 4 nitrogen and oxygen atoms in total. The van der Waals surface area contributed by atoms with Crippen LogP contribution in [0.1, 0.15) is 39.7 Å². The summed E-state index contributed by atoms with van der Waals surface area (Å²) in [5, 5.41) is 9.53. The van der Waals surface area contributed by atoms with E-state index in [1.165, 1.54) is 0 Å². The standard InChI is InChI=1S/C16H24BrNO3/c1-5-13(11-19)18(15(20)21-16(2,3)4)10-12-8-6-7-9-14(12)17/h6-9,13,19H,5,10-11H2,1-4H3. The second-order valence-corrected chi connectivity index (χ2v) is 6.80. The number of carbonyl (C=O) groups excluding carboxylic acids is 1. The summed E-state index contributed by atoms with van der Waals surface area (Å²) < 4.78 is 6.39. The molecule has 1 aromatic carbocycles. The maximum Gasteiger partial charge on any atom is 0.410 e. The molecule has 118 valence electrons. The third kappa shape index (κ3) is 5.67. The normalized spacial score (nSPS) is 12.9. The lowest BCUT2D eigenvalue weighted by Gasteiger charge is -2.32. The largest absolute Gasteiger partial charge is 0.444 e. The minimum absolute atomic E-state index is 0.0831. The number of aliphatic hydroxyl groups is 1. The molecule has 0 radical (unpaired) electrons. The number of nitrogens with zero attached hydrogens (tertiary/aromatic N) is 1. The first-order chi connectivity index (χ1) is 9.78. The molecular weight excluding hydrogens is 334 g/mol. The molecule has 1 amide bonds. The number of amides is 1. The number of hydrogen-bond acceptors (Lipinski definition) is 3. The van der Waals surface area contributed by atoms with E-state index in [1.54, 1.807) is 4.90 Å². The Morgan fingerprint density at radius 2 is 2.00 bits per heavy atom. The van der Waals surface area contributed by atoms with E-state index in [2.05, 4.69) is 15.9 Å². The van der Waals surface area contributed by atoms with Crippen LogP contribution < -0.4 is 0 Å².